The van der Waals surface area contributed by atoms with Crippen LogP contribution in [0.5, 0.6) is 5.75 Å². The maximum Gasteiger partial charge on any atom is 0.326 e. The summed E-state index contributed by atoms with van der Waals surface area (Å²) in [5.41, 5.74) is 4.05. The van der Waals surface area contributed by atoms with Crippen molar-refractivity contribution in [2.24, 2.45) is 13.0 Å². The molecule has 0 radical (unpaired) electrons. The number of benzene rings is 2. The summed E-state index contributed by atoms with van der Waals surface area (Å²) in [5, 5.41) is 16.5. The van der Waals surface area contributed by atoms with Gasteiger partial charge in [0.25, 0.3) is 0 Å². The Bertz CT molecular complexity index is 1280. The molecule has 1 aliphatic rings. The lowest BCUT2D eigenvalue weighted by Gasteiger charge is -2.32. The normalized spacial score (nSPS) is 14.6. The van der Waals surface area contributed by atoms with Crippen molar-refractivity contribution in [1.29, 1.82) is 0 Å². The van der Waals surface area contributed by atoms with E-state index in [1.165, 1.54) is 0 Å². The van der Waals surface area contributed by atoms with Crippen molar-refractivity contribution in [2.75, 3.05) is 20.2 Å². The number of aromatic nitrogens is 2. The van der Waals surface area contributed by atoms with Crippen LogP contribution in [-0.2, 0) is 34.3 Å². The number of aryl methyl sites for hydroxylation is 2. The third-order valence-corrected chi connectivity index (χ3v) is 7.27. The molecule has 1 aromatic heterocycles. The molecule has 0 spiro atoms. The second-order valence-corrected chi connectivity index (χ2v) is 10.1. The van der Waals surface area contributed by atoms with E-state index in [-0.39, 0.29) is 30.6 Å². The summed E-state index contributed by atoms with van der Waals surface area (Å²) in [7, 11) is 3.46. The number of hydrogen-bond donors (Lipinski definition) is 2. The van der Waals surface area contributed by atoms with Crippen molar-refractivity contribution in [3.63, 3.8) is 0 Å². The topological polar surface area (TPSA) is 114 Å². The summed E-state index contributed by atoms with van der Waals surface area (Å²) < 4.78 is 6.90. The van der Waals surface area contributed by atoms with Crippen LogP contribution in [0, 0.1) is 5.92 Å². The molecule has 0 saturated carbocycles. The van der Waals surface area contributed by atoms with Crippen molar-refractivity contribution < 1.29 is 24.2 Å². The van der Waals surface area contributed by atoms with Gasteiger partial charge in [0, 0.05) is 51.2 Å². The number of nitrogens with one attached hydrogen (secondary N) is 1. The molecule has 1 fully saturated rings. The Morgan fingerprint density at radius 1 is 1.08 bits per heavy atom. The highest BCUT2D eigenvalue weighted by Gasteiger charge is 2.26. The second kappa shape index (κ2) is 13.1. The number of rotatable bonds is 11. The van der Waals surface area contributed by atoms with Gasteiger partial charge in [-0.25, -0.2) is 4.79 Å². The lowest BCUT2D eigenvalue weighted by Crippen LogP contribution is -2.44. The second-order valence-electron chi connectivity index (χ2n) is 10.1. The molecule has 0 bridgehead atoms. The third kappa shape index (κ3) is 7.92. The molecular weight excluding hydrogens is 496 g/mol. The van der Waals surface area contributed by atoms with Crippen LogP contribution in [0.3, 0.4) is 0 Å². The summed E-state index contributed by atoms with van der Waals surface area (Å²) in [6.07, 6.45) is 6.82. The Kier molecular flexibility index (Phi) is 9.35. The van der Waals surface area contributed by atoms with Gasteiger partial charge in [0.2, 0.25) is 11.8 Å². The molecule has 1 aliphatic heterocycles. The van der Waals surface area contributed by atoms with Crippen LogP contribution in [-0.4, -0.2) is 63.8 Å². The first kappa shape index (κ1) is 27.9. The van der Waals surface area contributed by atoms with E-state index in [9.17, 15) is 19.5 Å². The van der Waals surface area contributed by atoms with Gasteiger partial charge in [-0.1, -0.05) is 36.4 Å². The molecule has 9 nitrogen and oxygen atoms in total. The molecular formula is C30H36N4O5. The number of piperidine rings is 1. The Labute approximate surface area is 228 Å². The van der Waals surface area contributed by atoms with E-state index >= 15 is 0 Å². The largest absolute Gasteiger partial charge is 0.497 e. The van der Waals surface area contributed by atoms with Gasteiger partial charge < -0.3 is 20.1 Å². The zero-order valence-corrected chi connectivity index (χ0v) is 22.5. The molecule has 0 aliphatic carbocycles. The smallest absolute Gasteiger partial charge is 0.326 e. The number of likely N-dealkylation sites (tertiary alicyclic amines) is 1. The van der Waals surface area contributed by atoms with Crippen LogP contribution in [0.25, 0.3) is 11.1 Å². The average Bonchev–Trinajstić information content (AvgIpc) is 3.38. The summed E-state index contributed by atoms with van der Waals surface area (Å²) in [6.45, 7) is 1.22. The average molecular weight is 533 g/mol. The zero-order valence-electron chi connectivity index (χ0n) is 22.5. The highest BCUT2D eigenvalue weighted by Crippen LogP contribution is 2.23. The number of ether oxygens (including phenoxy) is 1. The fourth-order valence-electron chi connectivity index (χ4n) is 4.99. The monoisotopic (exact) mass is 532 g/mol. The van der Waals surface area contributed by atoms with Crippen LogP contribution in [0.4, 0.5) is 0 Å². The standard InChI is InChI=1S/C30H36N4O5/c1-33-20-25(19-31-33)24-5-3-4-21(16-24)8-11-29(36)34-14-12-23(13-15-34)18-28(35)32-27(30(37)38)17-22-6-9-26(39-2)10-7-22/h3-7,9-10,16,19-20,23,27H,8,11-15,17-18H2,1-2H3,(H,32,35)(H,37,38). The van der Waals surface area contributed by atoms with E-state index in [4.69, 9.17) is 4.74 Å². The maximum atomic E-state index is 12.9. The summed E-state index contributed by atoms with van der Waals surface area (Å²) in [6, 6.07) is 14.3. The van der Waals surface area contributed by atoms with Crippen molar-refractivity contribution in [3.8, 4) is 16.9 Å². The molecule has 9 heteroatoms. The van der Waals surface area contributed by atoms with Crippen LogP contribution in [0.2, 0.25) is 0 Å². The highest BCUT2D eigenvalue weighted by atomic mass is 16.5. The maximum absolute atomic E-state index is 12.9. The van der Waals surface area contributed by atoms with E-state index in [2.05, 4.69) is 16.5 Å². The first-order valence-corrected chi connectivity index (χ1v) is 13.3. The van der Waals surface area contributed by atoms with Gasteiger partial charge in [-0.2, -0.15) is 5.10 Å². The van der Waals surface area contributed by atoms with E-state index in [0.29, 0.717) is 31.7 Å². The lowest BCUT2D eigenvalue weighted by molar-refractivity contribution is -0.142. The Hall–Kier alpha value is -4.14. The number of methoxy groups -OCH3 is 1. The van der Waals surface area contributed by atoms with Gasteiger partial charge in [0.1, 0.15) is 11.8 Å². The molecule has 2 amide bonds. The van der Waals surface area contributed by atoms with Crippen molar-refractivity contribution >= 4 is 17.8 Å². The summed E-state index contributed by atoms with van der Waals surface area (Å²) in [5.74, 6) is -0.398. The first-order valence-electron chi connectivity index (χ1n) is 13.3. The van der Waals surface area contributed by atoms with Crippen LogP contribution >= 0.6 is 0 Å². The molecule has 2 heterocycles. The Balaban J connectivity index is 1.20. The van der Waals surface area contributed by atoms with Gasteiger partial charge in [-0.15, -0.1) is 0 Å². The van der Waals surface area contributed by atoms with E-state index in [0.717, 1.165) is 35.1 Å². The minimum Gasteiger partial charge on any atom is -0.497 e. The predicted molar refractivity (Wildman–Crippen MR) is 147 cm³/mol. The van der Waals surface area contributed by atoms with Crippen molar-refractivity contribution in [1.82, 2.24) is 20.0 Å². The van der Waals surface area contributed by atoms with Gasteiger partial charge >= 0.3 is 5.97 Å². The molecule has 39 heavy (non-hydrogen) atoms. The SMILES string of the molecule is COc1ccc(CC(NC(=O)CC2CCN(C(=O)CCc3cccc(-c4cnn(C)c4)c3)CC2)C(=O)O)cc1. The predicted octanol–water partition coefficient (Wildman–Crippen LogP) is 3.47. The highest BCUT2D eigenvalue weighted by molar-refractivity contribution is 5.84. The lowest BCUT2D eigenvalue weighted by atomic mass is 9.92. The molecule has 1 saturated heterocycles. The zero-order chi connectivity index (χ0) is 27.8. The van der Waals surface area contributed by atoms with E-state index < -0.39 is 12.0 Å². The van der Waals surface area contributed by atoms with Gasteiger partial charge in [0.05, 0.1) is 13.3 Å². The number of carbonyl (C=O) groups is 3. The van der Waals surface area contributed by atoms with Crippen LogP contribution in [0.1, 0.15) is 36.8 Å². The molecule has 4 rings (SSSR count). The summed E-state index contributed by atoms with van der Waals surface area (Å²) >= 11 is 0. The minimum absolute atomic E-state index is 0.120. The van der Waals surface area contributed by atoms with Crippen LogP contribution in [0.15, 0.2) is 60.9 Å². The van der Waals surface area contributed by atoms with E-state index in [1.807, 2.05) is 42.5 Å². The molecule has 2 aromatic carbocycles. The molecule has 3 aromatic rings. The Morgan fingerprint density at radius 3 is 2.46 bits per heavy atom. The number of carbonyl (C=O) groups excluding carboxylic acids is 2. The van der Waals surface area contributed by atoms with Crippen molar-refractivity contribution in [2.45, 2.75) is 44.6 Å². The van der Waals surface area contributed by atoms with E-state index in [1.54, 1.807) is 36.1 Å². The van der Waals surface area contributed by atoms with Crippen molar-refractivity contribution in [3.05, 3.63) is 72.1 Å². The number of nitrogens with zero attached hydrogens (tertiary/aromatic N) is 3. The number of carboxylic acids is 1. The number of hydrogen-bond acceptors (Lipinski definition) is 5. The first-order chi connectivity index (χ1) is 18.8. The van der Waals surface area contributed by atoms with Gasteiger partial charge in [-0.3, -0.25) is 14.3 Å². The fourth-order valence-corrected chi connectivity index (χ4v) is 4.99. The number of carboxylic acid groups (broad SMARTS) is 1. The minimum atomic E-state index is -1.06. The van der Waals surface area contributed by atoms with Crippen LogP contribution < -0.4 is 10.1 Å². The van der Waals surface area contributed by atoms with Gasteiger partial charge in [0.15, 0.2) is 0 Å². The van der Waals surface area contributed by atoms with Gasteiger partial charge in [-0.05, 0) is 54.0 Å². The molecule has 1 atom stereocenters. The fraction of sp³-hybridized carbons (Fsp3) is 0.400. The quantitative estimate of drug-likeness (QED) is 0.391. The molecule has 1 unspecified atom stereocenters. The molecule has 206 valence electrons. The Morgan fingerprint density at radius 2 is 1.82 bits per heavy atom. The number of aliphatic carboxylic acids is 1. The summed E-state index contributed by atoms with van der Waals surface area (Å²) in [4.78, 5) is 39.1. The third-order valence-electron chi connectivity index (χ3n) is 7.27. The number of amides is 2. The molecule has 2 N–H and O–H groups in total.